The number of benzene rings is 1. The number of rotatable bonds is 5. The smallest absolute Gasteiger partial charge is 0.193 e. The van der Waals surface area contributed by atoms with E-state index in [9.17, 15) is 0 Å². The van der Waals surface area contributed by atoms with Crippen molar-refractivity contribution < 1.29 is 4.74 Å². The molecule has 3 heterocycles. The third-order valence-electron chi connectivity index (χ3n) is 5.69. The summed E-state index contributed by atoms with van der Waals surface area (Å²) in [6.07, 6.45) is 6.80. The number of aromatic nitrogens is 1. The van der Waals surface area contributed by atoms with Crippen LogP contribution in [0.5, 0.6) is 5.75 Å². The van der Waals surface area contributed by atoms with Gasteiger partial charge in [0.05, 0.1) is 0 Å². The molecule has 0 amide bonds. The molecule has 2 aliphatic heterocycles. The Hall–Kier alpha value is -2.03. The second-order valence-corrected chi connectivity index (χ2v) is 7.74. The zero-order valence-corrected chi connectivity index (χ0v) is 20.0. The van der Waals surface area contributed by atoms with E-state index in [2.05, 4.69) is 37.2 Å². The van der Waals surface area contributed by atoms with Crippen LogP contribution < -0.4 is 15.0 Å². The van der Waals surface area contributed by atoms with E-state index in [0.717, 1.165) is 63.1 Å². The number of aliphatic imine (C=N–C) groups is 1. The maximum Gasteiger partial charge on any atom is 0.193 e. The van der Waals surface area contributed by atoms with E-state index in [1.54, 1.807) is 0 Å². The first-order valence-electron chi connectivity index (χ1n) is 10.7. The van der Waals surface area contributed by atoms with Crippen molar-refractivity contribution in [2.24, 2.45) is 4.99 Å². The van der Waals surface area contributed by atoms with Gasteiger partial charge in [0, 0.05) is 58.8 Å². The second-order valence-electron chi connectivity index (χ2n) is 7.74. The minimum Gasteiger partial charge on any atom is -0.490 e. The number of pyridine rings is 1. The van der Waals surface area contributed by atoms with Crippen molar-refractivity contribution in [3.63, 3.8) is 0 Å². The Kier molecular flexibility index (Phi) is 8.60. The van der Waals surface area contributed by atoms with Crippen LogP contribution in [0.1, 0.15) is 31.2 Å². The lowest BCUT2D eigenvalue weighted by Crippen LogP contribution is -2.47. The highest BCUT2D eigenvalue weighted by atomic mass is 127. The van der Waals surface area contributed by atoms with Gasteiger partial charge in [0.1, 0.15) is 17.7 Å². The van der Waals surface area contributed by atoms with E-state index in [4.69, 9.17) is 4.74 Å². The maximum atomic E-state index is 6.10. The topological polar surface area (TPSA) is 53.0 Å². The molecule has 0 atom stereocenters. The van der Waals surface area contributed by atoms with E-state index in [-0.39, 0.29) is 30.1 Å². The van der Waals surface area contributed by atoms with Crippen LogP contribution >= 0.6 is 24.0 Å². The van der Waals surface area contributed by atoms with Gasteiger partial charge < -0.3 is 19.9 Å². The molecule has 2 aromatic rings. The molecular weight excluding hydrogens is 489 g/mol. The highest BCUT2D eigenvalue weighted by Gasteiger charge is 2.22. The molecule has 0 spiro atoms. The van der Waals surface area contributed by atoms with E-state index >= 15 is 0 Å². The van der Waals surface area contributed by atoms with Crippen LogP contribution in [-0.2, 0) is 6.54 Å². The Bertz CT molecular complexity index is 785. The highest BCUT2D eigenvalue weighted by molar-refractivity contribution is 14.0. The number of piperidine rings is 1. The predicted octanol–water partition coefficient (Wildman–Crippen LogP) is 3.92. The number of nitrogens with zero attached hydrogens (tertiary/aromatic N) is 4. The molecule has 1 aromatic carbocycles. The molecule has 6 nitrogen and oxygen atoms in total. The van der Waals surface area contributed by atoms with E-state index in [0.29, 0.717) is 0 Å². The zero-order valence-electron chi connectivity index (χ0n) is 17.7. The second kappa shape index (κ2) is 11.4. The Labute approximate surface area is 196 Å². The molecule has 2 saturated heterocycles. The number of ether oxygens (including phenoxy) is 1. The van der Waals surface area contributed by atoms with Crippen LogP contribution in [0, 0.1) is 0 Å². The molecule has 0 saturated carbocycles. The Balaban J connectivity index is 0.00000256. The van der Waals surface area contributed by atoms with Gasteiger partial charge in [0.2, 0.25) is 0 Å². The van der Waals surface area contributed by atoms with Gasteiger partial charge in [-0.05, 0) is 36.6 Å². The average Bonchev–Trinajstić information content (AvgIpc) is 3.31. The lowest BCUT2D eigenvalue weighted by atomic mass is 10.1. The quantitative estimate of drug-likeness (QED) is 0.368. The molecule has 2 aliphatic rings. The summed E-state index contributed by atoms with van der Waals surface area (Å²) in [4.78, 5) is 13.8. The SMILES string of the molecule is CN=C(NCc1ccc(N2CCCC2)nc1)N1CCC(Oc2ccccc2)CC1.I. The Morgan fingerprint density at radius 2 is 1.80 bits per heavy atom. The minimum absolute atomic E-state index is 0. The fourth-order valence-corrected chi connectivity index (χ4v) is 4.04. The van der Waals surface area contributed by atoms with Gasteiger partial charge >= 0.3 is 0 Å². The van der Waals surface area contributed by atoms with Gasteiger partial charge in [0.15, 0.2) is 5.96 Å². The third-order valence-corrected chi connectivity index (χ3v) is 5.69. The minimum atomic E-state index is 0. The van der Waals surface area contributed by atoms with Gasteiger partial charge in [-0.2, -0.15) is 0 Å². The summed E-state index contributed by atoms with van der Waals surface area (Å²) in [6.45, 7) is 4.88. The summed E-state index contributed by atoms with van der Waals surface area (Å²) < 4.78 is 6.10. The number of guanidine groups is 1. The lowest BCUT2D eigenvalue weighted by Gasteiger charge is -2.34. The summed E-state index contributed by atoms with van der Waals surface area (Å²) in [5.41, 5.74) is 1.18. The van der Waals surface area contributed by atoms with Crippen molar-refractivity contribution in [3.05, 3.63) is 54.2 Å². The fourth-order valence-electron chi connectivity index (χ4n) is 4.04. The first-order chi connectivity index (χ1) is 14.3. The summed E-state index contributed by atoms with van der Waals surface area (Å²) in [5.74, 6) is 3.00. The number of hydrogen-bond acceptors (Lipinski definition) is 4. The molecule has 4 rings (SSSR count). The van der Waals surface area contributed by atoms with Gasteiger partial charge in [0.25, 0.3) is 0 Å². The molecule has 162 valence electrons. The standard InChI is InChI=1S/C23H31N5O.HI/c1-24-23(26-18-19-9-10-22(25-17-19)27-13-5-6-14-27)28-15-11-21(12-16-28)29-20-7-3-2-4-8-20;/h2-4,7-10,17,21H,5-6,11-16,18H2,1H3,(H,24,26);1H. The third kappa shape index (κ3) is 6.00. The van der Waals surface area contributed by atoms with E-state index < -0.39 is 0 Å². The largest absolute Gasteiger partial charge is 0.490 e. The first-order valence-corrected chi connectivity index (χ1v) is 10.7. The number of halogens is 1. The molecule has 7 heteroatoms. The van der Waals surface area contributed by atoms with Crippen LogP contribution in [0.3, 0.4) is 0 Å². The number of hydrogen-bond donors (Lipinski definition) is 1. The average molecular weight is 521 g/mol. The van der Waals surface area contributed by atoms with Crippen LogP contribution in [0.4, 0.5) is 5.82 Å². The molecule has 0 bridgehead atoms. The van der Waals surface area contributed by atoms with Crippen LogP contribution in [0.15, 0.2) is 53.7 Å². The van der Waals surface area contributed by atoms with Crippen molar-refractivity contribution in [1.29, 1.82) is 0 Å². The number of anilines is 1. The Morgan fingerprint density at radius 3 is 2.43 bits per heavy atom. The van der Waals surface area contributed by atoms with Crippen molar-refractivity contribution in [2.75, 3.05) is 38.1 Å². The molecular formula is C23H32IN5O. The van der Waals surface area contributed by atoms with E-state index in [1.807, 2.05) is 43.6 Å². The molecule has 2 fully saturated rings. The summed E-state index contributed by atoms with van der Waals surface area (Å²) in [7, 11) is 1.85. The fraction of sp³-hybridized carbons (Fsp3) is 0.478. The normalized spacial score (nSPS) is 17.6. The lowest BCUT2D eigenvalue weighted by molar-refractivity contribution is 0.129. The van der Waals surface area contributed by atoms with Crippen molar-refractivity contribution in [1.82, 2.24) is 15.2 Å². The van der Waals surface area contributed by atoms with Crippen molar-refractivity contribution in [2.45, 2.75) is 38.3 Å². The van der Waals surface area contributed by atoms with Crippen molar-refractivity contribution >= 4 is 35.8 Å². The number of para-hydroxylation sites is 1. The summed E-state index contributed by atoms with van der Waals surface area (Å²) in [6, 6.07) is 14.4. The summed E-state index contributed by atoms with van der Waals surface area (Å²) in [5, 5.41) is 3.49. The van der Waals surface area contributed by atoms with Gasteiger partial charge in [-0.15, -0.1) is 24.0 Å². The van der Waals surface area contributed by atoms with Crippen molar-refractivity contribution in [3.8, 4) is 5.75 Å². The molecule has 0 unspecified atom stereocenters. The monoisotopic (exact) mass is 521 g/mol. The first kappa shape index (κ1) is 22.7. The van der Waals surface area contributed by atoms with Crippen LogP contribution in [0.25, 0.3) is 0 Å². The zero-order chi connectivity index (χ0) is 19.9. The number of likely N-dealkylation sites (tertiary alicyclic amines) is 1. The van der Waals surface area contributed by atoms with E-state index in [1.165, 1.54) is 18.4 Å². The Morgan fingerprint density at radius 1 is 1.07 bits per heavy atom. The molecule has 1 aromatic heterocycles. The van der Waals surface area contributed by atoms with Gasteiger partial charge in [-0.1, -0.05) is 24.3 Å². The molecule has 1 N–H and O–H groups in total. The molecule has 0 aliphatic carbocycles. The maximum absolute atomic E-state index is 6.10. The van der Waals surface area contributed by atoms with Crippen LogP contribution in [0.2, 0.25) is 0 Å². The van der Waals surface area contributed by atoms with Crippen LogP contribution in [-0.4, -0.2) is 55.2 Å². The number of nitrogens with one attached hydrogen (secondary N) is 1. The van der Waals surface area contributed by atoms with Gasteiger partial charge in [-0.25, -0.2) is 4.98 Å². The predicted molar refractivity (Wildman–Crippen MR) is 133 cm³/mol. The van der Waals surface area contributed by atoms with Gasteiger partial charge in [-0.3, -0.25) is 4.99 Å². The molecule has 0 radical (unpaired) electrons. The highest BCUT2D eigenvalue weighted by Crippen LogP contribution is 2.19. The summed E-state index contributed by atoms with van der Waals surface area (Å²) >= 11 is 0. The molecule has 30 heavy (non-hydrogen) atoms.